The molecule has 0 aliphatic heterocycles. The van der Waals surface area contributed by atoms with Crippen molar-refractivity contribution in [3.05, 3.63) is 129 Å². The second-order valence-electron chi connectivity index (χ2n) is 10.7. The number of benzene rings is 4. The SMILES string of the molecule is Cc1[n-]n(-c2ccccc2)c(=O)c1N=Nc1cc(S(N)(=O)=O)ccc1[O-].Cc1[n-]n(-c2ccccc2)c(=O)c1N=Nc1cc(S(N)(=O)=O)ccc1[O-].[Cr+3].[Li+]. The molecule has 0 saturated carbocycles. The summed E-state index contributed by atoms with van der Waals surface area (Å²) in [4.78, 5) is 24.4. The first-order chi connectivity index (χ1) is 24.5. The molecular weight excluding hydrogens is 775 g/mol. The van der Waals surface area contributed by atoms with Crippen LogP contribution in [-0.4, -0.2) is 26.2 Å². The van der Waals surface area contributed by atoms with Crippen molar-refractivity contribution < 1.29 is 63.3 Å². The van der Waals surface area contributed by atoms with Crippen LogP contribution in [0.3, 0.4) is 0 Å². The van der Waals surface area contributed by atoms with E-state index in [4.69, 9.17) is 10.3 Å². The van der Waals surface area contributed by atoms with Crippen LogP contribution in [0.25, 0.3) is 11.4 Å². The zero-order valence-corrected chi connectivity index (χ0v) is 31.4. The van der Waals surface area contributed by atoms with Gasteiger partial charge >= 0.3 is 36.2 Å². The number of nitrogens with zero attached hydrogens (tertiary/aromatic N) is 8. The summed E-state index contributed by atoms with van der Waals surface area (Å²) in [5, 5.41) is 57.0. The third-order valence-corrected chi connectivity index (χ3v) is 8.83. The van der Waals surface area contributed by atoms with Gasteiger partial charge in [0.15, 0.2) is 0 Å². The maximum absolute atomic E-state index is 12.5. The van der Waals surface area contributed by atoms with E-state index >= 15 is 0 Å². The molecule has 2 aromatic heterocycles. The molecule has 4 aromatic carbocycles. The molecule has 271 valence electrons. The molecular formula is C32H26CrLiN10O8S2. The Morgan fingerprint density at radius 1 is 0.574 bits per heavy atom. The predicted molar refractivity (Wildman–Crippen MR) is 183 cm³/mol. The molecule has 4 N–H and O–H groups in total. The fourth-order valence-electron chi connectivity index (χ4n) is 4.43. The number of para-hydroxylation sites is 2. The summed E-state index contributed by atoms with van der Waals surface area (Å²) in [5.41, 5.74) is 0.148. The van der Waals surface area contributed by atoms with Crippen molar-refractivity contribution in [1.82, 2.24) is 19.6 Å². The number of sulfonamides is 2. The number of nitrogens with two attached hydrogens (primary N) is 2. The molecule has 0 aliphatic carbocycles. The number of azo groups is 2. The molecule has 2 heterocycles. The van der Waals surface area contributed by atoms with Crippen LogP contribution in [-0.2, 0) is 37.4 Å². The van der Waals surface area contributed by atoms with Crippen LogP contribution in [0.5, 0.6) is 11.5 Å². The number of aromatic nitrogens is 4. The van der Waals surface area contributed by atoms with Gasteiger partial charge < -0.3 is 29.8 Å². The Labute approximate surface area is 330 Å². The summed E-state index contributed by atoms with van der Waals surface area (Å²) in [7, 11) is -7.98. The Morgan fingerprint density at radius 2 is 0.907 bits per heavy atom. The second kappa shape index (κ2) is 17.6. The summed E-state index contributed by atoms with van der Waals surface area (Å²) in [6.45, 7) is 3.15. The van der Waals surface area contributed by atoms with Crippen molar-refractivity contribution in [1.29, 1.82) is 0 Å². The van der Waals surface area contributed by atoms with Crippen LogP contribution in [0.2, 0.25) is 0 Å². The zero-order chi connectivity index (χ0) is 37.8. The van der Waals surface area contributed by atoms with Crippen LogP contribution < -0.4 is 60.7 Å². The van der Waals surface area contributed by atoms with Crippen molar-refractivity contribution in [3.63, 3.8) is 0 Å². The normalized spacial score (nSPS) is 11.5. The van der Waals surface area contributed by atoms with Gasteiger partial charge in [-0.05, 0) is 48.5 Å². The minimum atomic E-state index is -3.99. The molecule has 0 atom stereocenters. The first-order valence-corrected chi connectivity index (χ1v) is 17.8. The summed E-state index contributed by atoms with van der Waals surface area (Å²) in [5.74, 6) is -1.11. The van der Waals surface area contributed by atoms with Gasteiger partial charge in [-0.2, -0.15) is 10.2 Å². The van der Waals surface area contributed by atoms with Crippen LogP contribution in [0.4, 0.5) is 22.7 Å². The van der Waals surface area contributed by atoms with Gasteiger partial charge in [0.25, 0.3) is 11.1 Å². The smallest absolute Gasteiger partial charge is 0.871 e. The number of hydrogen-bond acceptors (Lipinski definition) is 12. The average molecular weight is 802 g/mol. The fraction of sp³-hybridized carbons (Fsp3) is 0.0625. The predicted octanol–water partition coefficient (Wildman–Crippen LogP) is -0.519. The number of aryl methyl sites for hydroxylation is 2. The summed E-state index contributed by atoms with van der Waals surface area (Å²) >= 11 is 0. The van der Waals surface area contributed by atoms with Crippen molar-refractivity contribution in [2.45, 2.75) is 23.6 Å². The Balaban J connectivity index is 0.000000280. The van der Waals surface area contributed by atoms with Crippen molar-refractivity contribution in [2.24, 2.45) is 30.7 Å². The van der Waals surface area contributed by atoms with Crippen molar-refractivity contribution in [3.8, 4) is 22.9 Å². The third kappa shape index (κ3) is 9.99. The Hall–Kier alpha value is -5.35. The van der Waals surface area contributed by atoms with Gasteiger partial charge in [-0.3, -0.25) is 9.59 Å². The van der Waals surface area contributed by atoms with Crippen molar-refractivity contribution in [2.75, 3.05) is 0 Å². The molecule has 22 heteroatoms. The first-order valence-electron chi connectivity index (χ1n) is 14.7. The number of rotatable bonds is 8. The van der Waals surface area contributed by atoms with Gasteiger partial charge in [-0.15, -0.1) is 21.6 Å². The van der Waals surface area contributed by atoms with Crippen LogP contribution in [0.15, 0.2) is 137 Å². The van der Waals surface area contributed by atoms with Crippen LogP contribution >= 0.6 is 0 Å². The first kappa shape index (κ1) is 43.1. The van der Waals surface area contributed by atoms with E-state index in [0.717, 1.165) is 36.4 Å². The molecule has 0 bridgehead atoms. The summed E-state index contributed by atoms with van der Waals surface area (Å²) < 4.78 is 47.9. The number of hydrogen-bond donors (Lipinski definition) is 2. The Bertz CT molecular complexity index is 2490. The van der Waals surface area contributed by atoms with E-state index < -0.39 is 42.7 Å². The van der Waals surface area contributed by atoms with E-state index in [0.29, 0.717) is 22.8 Å². The average Bonchev–Trinajstić information content (AvgIpc) is 3.56. The quantitative estimate of drug-likeness (QED) is 0.147. The number of primary sulfonamides is 2. The fourth-order valence-corrected chi connectivity index (χ4v) is 5.49. The van der Waals surface area contributed by atoms with E-state index in [1.54, 1.807) is 74.5 Å². The maximum Gasteiger partial charge on any atom is 3.00 e. The van der Waals surface area contributed by atoms with Crippen LogP contribution in [0, 0.1) is 13.8 Å². The molecule has 0 amide bonds. The van der Waals surface area contributed by atoms with Gasteiger partial charge in [-0.25, -0.2) is 27.1 Å². The van der Waals surface area contributed by atoms with Crippen molar-refractivity contribution >= 4 is 42.8 Å². The molecule has 18 nitrogen and oxygen atoms in total. The van der Waals surface area contributed by atoms with Gasteiger partial charge in [0.05, 0.1) is 21.2 Å². The second-order valence-corrected chi connectivity index (χ2v) is 13.8. The van der Waals surface area contributed by atoms with E-state index in [1.165, 1.54) is 9.36 Å². The molecule has 1 radical (unpaired) electrons. The standard InChI is InChI=1S/2C16H15N5O4S.Cr.Li/c2*1-10-15(16(23)21(20-10)11-5-3-2-4-6-11)19-18-13-9-12(26(17,24)25)7-8-14(13)22;;/h2*2-9H,1H3,(H4,17,18,19,20,22,23,24,25);;/q;;+3;+1/p-4. The molecule has 6 rings (SSSR count). The van der Waals surface area contributed by atoms with E-state index in [-0.39, 0.29) is 68.8 Å². The molecule has 6 aromatic rings. The molecule has 54 heavy (non-hydrogen) atoms. The minimum Gasteiger partial charge on any atom is -0.871 e. The largest absolute Gasteiger partial charge is 3.00 e. The molecule has 0 saturated heterocycles. The van der Waals surface area contributed by atoms with Gasteiger partial charge in [0.1, 0.15) is 11.4 Å². The topological polar surface area (TPSA) is 288 Å². The van der Waals surface area contributed by atoms with Gasteiger partial charge in [0, 0.05) is 11.4 Å². The molecule has 0 aliphatic rings. The Kier molecular flexibility index (Phi) is 14.1. The molecule has 0 unspecified atom stereocenters. The van der Waals surface area contributed by atoms with Gasteiger partial charge in [0.2, 0.25) is 20.0 Å². The van der Waals surface area contributed by atoms with E-state index in [2.05, 4.69) is 30.7 Å². The van der Waals surface area contributed by atoms with E-state index in [9.17, 15) is 36.6 Å². The molecule has 0 spiro atoms. The molecule has 0 fully saturated rings. The van der Waals surface area contributed by atoms with E-state index in [1.807, 2.05) is 0 Å². The maximum atomic E-state index is 12.5. The third-order valence-electron chi connectivity index (χ3n) is 7.01. The summed E-state index contributed by atoms with van der Waals surface area (Å²) in [6, 6.07) is 23.7. The summed E-state index contributed by atoms with van der Waals surface area (Å²) in [6.07, 6.45) is 0. The van der Waals surface area contributed by atoms with Crippen LogP contribution in [0.1, 0.15) is 11.4 Å². The zero-order valence-electron chi connectivity index (χ0n) is 28.5. The van der Waals surface area contributed by atoms with Gasteiger partial charge in [-0.1, -0.05) is 73.9 Å². The monoisotopic (exact) mass is 801 g/mol. The minimum absolute atomic E-state index is 0. The Morgan fingerprint density at radius 3 is 1.22 bits per heavy atom.